The molecule has 0 saturated carbocycles. The van der Waals surface area contributed by atoms with Crippen molar-refractivity contribution in [2.24, 2.45) is 0 Å². The number of hydrogen-bond donors (Lipinski definition) is 1. The van der Waals surface area contributed by atoms with Crippen molar-refractivity contribution in [3.05, 3.63) is 71.8 Å². The minimum Gasteiger partial charge on any atom is -0.411 e. The molecular weight excluding hydrogens is 474 g/mol. The van der Waals surface area contributed by atoms with Crippen LogP contribution in [0.4, 0.5) is 17.6 Å². The Balaban J connectivity index is 1.37. The molecule has 0 radical (unpaired) electrons. The van der Waals surface area contributed by atoms with Crippen molar-refractivity contribution in [1.82, 2.24) is 44.5 Å². The molecule has 5 aromatic rings. The van der Waals surface area contributed by atoms with E-state index in [1.54, 1.807) is 6.20 Å². The standard InChI is InChI=1S/C20H13F4N9O2/c21-10-2-1-5-32-14(10)8-13(29-32)16-15-11(25-9-26-15)3-6-31(16)19(34)18-28-27-17(35-18)12-4-7-33(30-12)20(22,23)24/h1-2,4-5,7-9,16H,3,6H2,(H,25,26). The summed E-state index contributed by atoms with van der Waals surface area (Å²) in [6.07, 6.45) is -0.511. The number of amides is 1. The number of halogens is 4. The second-order valence-electron chi connectivity index (χ2n) is 7.70. The summed E-state index contributed by atoms with van der Waals surface area (Å²) in [4.78, 5) is 22.1. The number of alkyl halides is 3. The van der Waals surface area contributed by atoms with E-state index < -0.39 is 30.0 Å². The van der Waals surface area contributed by atoms with Crippen molar-refractivity contribution in [3.63, 3.8) is 0 Å². The van der Waals surface area contributed by atoms with Crippen molar-refractivity contribution in [2.45, 2.75) is 18.8 Å². The number of aromatic amines is 1. The molecule has 1 amide bonds. The number of aromatic nitrogens is 8. The van der Waals surface area contributed by atoms with Gasteiger partial charge in [-0.2, -0.15) is 14.9 Å². The first-order valence-electron chi connectivity index (χ1n) is 10.2. The molecule has 0 spiro atoms. The third kappa shape index (κ3) is 3.43. The molecular formula is C20H13F4N9O2. The molecule has 1 aliphatic rings. The monoisotopic (exact) mass is 487 g/mol. The third-order valence-electron chi connectivity index (χ3n) is 5.61. The van der Waals surface area contributed by atoms with Gasteiger partial charge in [-0.15, -0.1) is 23.4 Å². The number of hydrogen-bond acceptors (Lipinski definition) is 7. The number of carbonyl (C=O) groups is 1. The Morgan fingerprint density at radius 2 is 2.03 bits per heavy atom. The average Bonchev–Trinajstić information content (AvgIpc) is 3.62. The summed E-state index contributed by atoms with van der Waals surface area (Å²) in [5, 5.41) is 15.2. The first-order valence-corrected chi connectivity index (χ1v) is 10.2. The zero-order valence-corrected chi connectivity index (χ0v) is 17.4. The van der Waals surface area contributed by atoms with Crippen LogP contribution in [0.15, 0.2) is 47.4 Å². The maximum Gasteiger partial charge on any atom is 0.504 e. The lowest BCUT2D eigenvalue weighted by molar-refractivity contribution is -0.212. The van der Waals surface area contributed by atoms with E-state index in [2.05, 4.69) is 30.4 Å². The van der Waals surface area contributed by atoms with Crippen molar-refractivity contribution < 1.29 is 26.8 Å². The molecule has 11 nitrogen and oxygen atoms in total. The van der Waals surface area contributed by atoms with Crippen LogP contribution in [0.2, 0.25) is 0 Å². The van der Waals surface area contributed by atoms with Crippen molar-refractivity contribution in [1.29, 1.82) is 0 Å². The summed E-state index contributed by atoms with van der Waals surface area (Å²) in [6, 6.07) is 4.57. The number of nitrogens with one attached hydrogen (secondary N) is 1. The summed E-state index contributed by atoms with van der Waals surface area (Å²) in [6.45, 7) is 0.218. The van der Waals surface area contributed by atoms with Gasteiger partial charge in [-0.05, 0) is 24.3 Å². The normalized spacial score (nSPS) is 16.1. The number of carbonyl (C=O) groups excluding carboxylic acids is 1. The molecule has 1 unspecified atom stereocenters. The fourth-order valence-corrected chi connectivity index (χ4v) is 4.04. The van der Waals surface area contributed by atoms with Gasteiger partial charge in [0, 0.05) is 31.1 Å². The van der Waals surface area contributed by atoms with Gasteiger partial charge in [0.2, 0.25) is 0 Å². The van der Waals surface area contributed by atoms with Gasteiger partial charge >= 0.3 is 18.1 Å². The molecule has 1 aliphatic heterocycles. The molecule has 0 saturated heterocycles. The number of fused-ring (bicyclic) bond motifs is 2. The Hall–Kier alpha value is -4.56. The summed E-state index contributed by atoms with van der Waals surface area (Å²) in [5.74, 6) is -1.96. The van der Waals surface area contributed by atoms with Crippen molar-refractivity contribution in [2.75, 3.05) is 6.54 Å². The van der Waals surface area contributed by atoms with E-state index in [0.29, 0.717) is 24.0 Å². The van der Waals surface area contributed by atoms with Gasteiger partial charge in [0.05, 0.1) is 17.7 Å². The summed E-state index contributed by atoms with van der Waals surface area (Å²) >= 11 is 0. The maximum absolute atomic E-state index is 14.3. The molecule has 5 aromatic heterocycles. The SMILES string of the molecule is O=C(c1nnc(-c2ccn(C(F)(F)F)n2)o1)N1CCc2[nH]cnc2C1c1cc2c(F)cccn2n1. The first kappa shape index (κ1) is 21.0. The second-order valence-corrected chi connectivity index (χ2v) is 7.70. The van der Waals surface area contributed by atoms with Gasteiger partial charge in [0.1, 0.15) is 23.1 Å². The van der Waals surface area contributed by atoms with Gasteiger partial charge in [-0.25, -0.2) is 13.9 Å². The minimum atomic E-state index is -4.72. The Bertz CT molecular complexity index is 1560. The Morgan fingerprint density at radius 1 is 1.17 bits per heavy atom. The van der Waals surface area contributed by atoms with Crippen molar-refractivity contribution >= 4 is 11.4 Å². The molecule has 0 bridgehead atoms. The molecule has 6 heterocycles. The van der Waals surface area contributed by atoms with Crippen LogP contribution in [0.1, 0.15) is 33.8 Å². The van der Waals surface area contributed by atoms with Crippen LogP contribution in [0.3, 0.4) is 0 Å². The second kappa shape index (κ2) is 7.48. The number of H-pyrrole nitrogens is 1. The summed E-state index contributed by atoms with van der Waals surface area (Å²) in [7, 11) is 0. The largest absolute Gasteiger partial charge is 0.504 e. The van der Waals surface area contributed by atoms with E-state index in [4.69, 9.17) is 4.42 Å². The van der Waals surface area contributed by atoms with Crippen LogP contribution in [-0.2, 0) is 12.7 Å². The van der Waals surface area contributed by atoms with Crippen LogP contribution in [0.5, 0.6) is 0 Å². The fourth-order valence-electron chi connectivity index (χ4n) is 4.04. The van der Waals surface area contributed by atoms with E-state index in [1.165, 1.54) is 33.9 Å². The molecule has 1 N–H and O–H groups in total. The molecule has 178 valence electrons. The lowest BCUT2D eigenvalue weighted by Crippen LogP contribution is -2.41. The molecule has 35 heavy (non-hydrogen) atoms. The summed E-state index contributed by atoms with van der Waals surface area (Å²) < 4.78 is 59.3. The van der Waals surface area contributed by atoms with Crippen LogP contribution in [0, 0.1) is 5.82 Å². The number of pyridine rings is 1. The van der Waals surface area contributed by atoms with Gasteiger partial charge in [0.15, 0.2) is 0 Å². The zero-order chi connectivity index (χ0) is 24.3. The van der Waals surface area contributed by atoms with Crippen LogP contribution < -0.4 is 0 Å². The third-order valence-corrected chi connectivity index (χ3v) is 5.61. The number of rotatable bonds is 3. The lowest BCUT2D eigenvalue weighted by atomic mass is 9.99. The molecule has 15 heteroatoms. The topological polar surface area (TPSA) is 123 Å². The predicted octanol–water partition coefficient (Wildman–Crippen LogP) is 2.71. The van der Waals surface area contributed by atoms with E-state index >= 15 is 0 Å². The van der Waals surface area contributed by atoms with E-state index in [0.717, 1.165) is 11.8 Å². The fraction of sp³-hybridized carbons (Fsp3) is 0.200. The highest BCUT2D eigenvalue weighted by molar-refractivity contribution is 5.90. The van der Waals surface area contributed by atoms with E-state index in [9.17, 15) is 22.4 Å². The quantitative estimate of drug-likeness (QED) is 0.388. The minimum absolute atomic E-state index is 0.212. The number of nitrogens with zero attached hydrogens (tertiary/aromatic N) is 8. The highest BCUT2D eigenvalue weighted by atomic mass is 19.4. The highest BCUT2D eigenvalue weighted by Crippen LogP contribution is 2.34. The Kier molecular flexibility index (Phi) is 4.49. The van der Waals surface area contributed by atoms with Gasteiger partial charge in [-0.3, -0.25) is 4.79 Å². The average molecular weight is 487 g/mol. The Morgan fingerprint density at radius 3 is 2.80 bits per heavy atom. The van der Waals surface area contributed by atoms with Crippen molar-refractivity contribution in [3.8, 4) is 11.6 Å². The molecule has 0 fully saturated rings. The molecule has 6 rings (SSSR count). The molecule has 0 aliphatic carbocycles. The predicted molar refractivity (Wildman–Crippen MR) is 107 cm³/mol. The smallest absolute Gasteiger partial charge is 0.411 e. The molecule has 1 atom stereocenters. The van der Waals surface area contributed by atoms with Gasteiger partial charge in [0.25, 0.3) is 5.89 Å². The maximum atomic E-state index is 14.3. The first-order chi connectivity index (χ1) is 16.8. The number of imidazole rings is 1. The van der Waals surface area contributed by atoms with Gasteiger partial charge in [-0.1, -0.05) is 0 Å². The lowest BCUT2D eigenvalue weighted by Gasteiger charge is -2.32. The Labute approximate surface area is 192 Å². The van der Waals surface area contributed by atoms with Crippen LogP contribution >= 0.6 is 0 Å². The van der Waals surface area contributed by atoms with Gasteiger partial charge < -0.3 is 14.3 Å². The van der Waals surface area contributed by atoms with E-state index in [1.807, 2.05) is 0 Å². The molecule has 0 aromatic carbocycles. The van der Waals surface area contributed by atoms with E-state index in [-0.39, 0.29) is 28.3 Å². The summed E-state index contributed by atoms with van der Waals surface area (Å²) in [5.41, 5.74) is 1.66. The zero-order valence-electron chi connectivity index (χ0n) is 17.4. The van der Waals surface area contributed by atoms with Crippen LogP contribution in [0.25, 0.3) is 17.1 Å². The highest BCUT2D eigenvalue weighted by Gasteiger charge is 2.38. The van der Waals surface area contributed by atoms with Crippen LogP contribution in [-0.4, -0.2) is 56.9 Å².